The van der Waals surface area contributed by atoms with E-state index >= 15 is 0 Å². The molecule has 0 radical (unpaired) electrons. The van der Waals surface area contributed by atoms with Gasteiger partial charge in [0.1, 0.15) is 6.61 Å². The minimum Gasteiger partial charge on any atom is -0.474 e. The highest BCUT2D eigenvalue weighted by Gasteiger charge is 2.05. The largest absolute Gasteiger partial charge is 0.474 e. The van der Waals surface area contributed by atoms with Gasteiger partial charge in [-0.05, 0) is 29.3 Å². The van der Waals surface area contributed by atoms with Gasteiger partial charge in [-0.15, -0.1) is 0 Å². The number of hydrogen-bond acceptors (Lipinski definition) is 6. The van der Waals surface area contributed by atoms with Gasteiger partial charge in [-0.25, -0.2) is 4.98 Å². The van der Waals surface area contributed by atoms with Crippen molar-refractivity contribution in [3.63, 3.8) is 0 Å². The normalized spacial score (nSPS) is 10.5. The van der Waals surface area contributed by atoms with Gasteiger partial charge in [0.25, 0.3) is 0 Å². The first-order valence-electron chi connectivity index (χ1n) is 6.23. The van der Waals surface area contributed by atoms with E-state index in [1.807, 2.05) is 6.92 Å². The number of nitrogens with one attached hydrogen (secondary N) is 1. The maximum Gasteiger partial charge on any atom is 0.232 e. The summed E-state index contributed by atoms with van der Waals surface area (Å²) in [4.78, 5) is 8.35. The number of anilines is 1. The highest BCUT2D eigenvalue weighted by molar-refractivity contribution is 9.10. The van der Waals surface area contributed by atoms with Crippen molar-refractivity contribution in [2.24, 2.45) is 0 Å². The molecule has 0 atom stereocenters. The van der Waals surface area contributed by atoms with Gasteiger partial charge in [0.15, 0.2) is 0 Å². The van der Waals surface area contributed by atoms with Gasteiger partial charge in [0.2, 0.25) is 11.8 Å². The lowest BCUT2D eigenvalue weighted by atomic mass is 10.5. The zero-order valence-electron chi connectivity index (χ0n) is 11.3. The highest BCUT2D eigenvalue weighted by atomic mass is 79.9. The molecule has 1 aromatic heterocycles. The summed E-state index contributed by atoms with van der Waals surface area (Å²) in [6.45, 7) is 5.11. The first kappa shape index (κ1) is 16.1. The van der Waals surface area contributed by atoms with Crippen LogP contribution < -0.4 is 10.1 Å². The number of nitrogens with zero attached hydrogens (tertiary/aromatic N) is 2. The zero-order valence-corrected chi connectivity index (χ0v) is 12.9. The number of halogens is 1. The van der Waals surface area contributed by atoms with Crippen LogP contribution in [0.2, 0.25) is 0 Å². The summed E-state index contributed by atoms with van der Waals surface area (Å²) in [5, 5.41) is 3.03. The molecule has 1 heterocycles. The van der Waals surface area contributed by atoms with Crippen LogP contribution in [-0.4, -0.2) is 50.1 Å². The minimum absolute atomic E-state index is 0.453. The van der Waals surface area contributed by atoms with Crippen molar-refractivity contribution in [2.45, 2.75) is 13.3 Å². The standard InChI is InChI=1S/C12H20BrN3O3/c1-3-14-12-15-9-10(13)11(16-12)19-8-7-18-6-4-5-17-2/h9H,3-8H2,1-2H3,(H,14,15,16). The summed E-state index contributed by atoms with van der Waals surface area (Å²) in [5.41, 5.74) is 0. The third kappa shape index (κ3) is 6.70. The van der Waals surface area contributed by atoms with Crippen molar-refractivity contribution in [3.05, 3.63) is 10.7 Å². The van der Waals surface area contributed by atoms with Crippen LogP contribution >= 0.6 is 15.9 Å². The number of rotatable bonds is 10. The summed E-state index contributed by atoms with van der Waals surface area (Å²) in [5.74, 6) is 1.08. The van der Waals surface area contributed by atoms with Crippen LogP contribution in [-0.2, 0) is 9.47 Å². The van der Waals surface area contributed by atoms with Crippen molar-refractivity contribution in [3.8, 4) is 5.88 Å². The van der Waals surface area contributed by atoms with Gasteiger partial charge >= 0.3 is 0 Å². The molecule has 0 aliphatic heterocycles. The van der Waals surface area contributed by atoms with Crippen LogP contribution in [0.1, 0.15) is 13.3 Å². The second-order valence-corrected chi connectivity index (χ2v) is 4.54. The van der Waals surface area contributed by atoms with Crippen molar-refractivity contribution in [1.29, 1.82) is 0 Å². The molecule has 7 heteroatoms. The van der Waals surface area contributed by atoms with Crippen LogP contribution in [0.5, 0.6) is 5.88 Å². The average molecular weight is 334 g/mol. The molecular weight excluding hydrogens is 314 g/mol. The smallest absolute Gasteiger partial charge is 0.232 e. The number of aromatic nitrogens is 2. The fourth-order valence-corrected chi connectivity index (χ4v) is 1.61. The Morgan fingerprint density at radius 2 is 2.11 bits per heavy atom. The third-order valence-electron chi connectivity index (χ3n) is 2.15. The number of ether oxygens (including phenoxy) is 3. The SMILES string of the molecule is CCNc1ncc(Br)c(OCCOCCCOC)n1. The number of methoxy groups -OCH3 is 1. The molecule has 19 heavy (non-hydrogen) atoms. The molecule has 0 aromatic carbocycles. The van der Waals surface area contributed by atoms with E-state index in [-0.39, 0.29) is 0 Å². The summed E-state index contributed by atoms with van der Waals surface area (Å²) < 4.78 is 16.6. The van der Waals surface area contributed by atoms with E-state index in [4.69, 9.17) is 14.2 Å². The molecule has 108 valence electrons. The van der Waals surface area contributed by atoms with Crippen LogP contribution in [0.15, 0.2) is 10.7 Å². The predicted molar refractivity (Wildman–Crippen MR) is 76.7 cm³/mol. The lowest BCUT2D eigenvalue weighted by molar-refractivity contribution is 0.0793. The Hall–Kier alpha value is -0.920. The molecule has 6 nitrogen and oxygen atoms in total. The van der Waals surface area contributed by atoms with E-state index in [1.165, 1.54) is 0 Å². The molecule has 0 saturated heterocycles. The molecule has 1 aromatic rings. The lowest BCUT2D eigenvalue weighted by Crippen LogP contribution is -2.10. The molecule has 0 spiro atoms. The van der Waals surface area contributed by atoms with Crippen LogP contribution in [0.25, 0.3) is 0 Å². The first-order valence-corrected chi connectivity index (χ1v) is 7.03. The molecule has 0 aliphatic carbocycles. The lowest BCUT2D eigenvalue weighted by Gasteiger charge is -2.09. The Labute approximate surface area is 122 Å². The summed E-state index contributed by atoms with van der Waals surface area (Å²) >= 11 is 3.35. The van der Waals surface area contributed by atoms with Crippen molar-refractivity contribution in [1.82, 2.24) is 9.97 Å². The van der Waals surface area contributed by atoms with Gasteiger partial charge in [-0.1, -0.05) is 0 Å². The summed E-state index contributed by atoms with van der Waals surface area (Å²) in [6, 6.07) is 0. The van der Waals surface area contributed by atoms with E-state index in [2.05, 4.69) is 31.2 Å². The van der Waals surface area contributed by atoms with E-state index in [1.54, 1.807) is 13.3 Å². The maximum atomic E-state index is 5.54. The molecule has 0 unspecified atom stereocenters. The average Bonchev–Trinajstić information content (AvgIpc) is 2.41. The van der Waals surface area contributed by atoms with Gasteiger partial charge in [-0.3, -0.25) is 0 Å². The Morgan fingerprint density at radius 3 is 2.84 bits per heavy atom. The molecule has 0 saturated carbocycles. The summed E-state index contributed by atoms with van der Waals surface area (Å²) in [6.07, 6.45) is 2.55. The molecule has 0 amide bonds. The number of hydrogen-bond donors (Lipinski definition) is 1. The van der Waals surface area contributed by atoms with Gasteiger partial charge in [0, 0.05) is 26.9 Å². The Kier molecular flexibility index (Phi) is 8.44. The Balaban J connectivity index is 2.26. The fraction of sp³-hybridized carbons (Fsp3) is 0.667. The Bertz CT molecular complexity index is 366. The van der Waals surface area contributed by atoms with E-state index in [0.717, 1.165) is 17.4 Å². The van der Waals surface area contributed by atoms with Crippen molar-refractivity contribution in [2.75, 3.05) is 45.4 Å². The van der Waals surface area contributed by atoms with Gasteiger partial charge in [-0.2, -0.15) is 4.98 Å². The maximum absolute atomic E-state index is 5.54. The molecule has 0 bridgehead atoms. The van der Waals surface area contributed by atoms with Crippen molar-refractivity contribution >= 4 is 21.9 Å². The first-order chi connectivity index (χ1) is 9.27. The van der Waals surface area contributed by atoms with Crippen LogP contribution in [0, 0.1) is 0 Å². The van der Waals surface area contributed by atoms with Crippen LogP contribution in [0.4, 0.5) is 5.95 Å². The molecular formula is C12H20BrN3O3. The van der Waals surface area contributed by atoms with E-state index < -0.39 is 0 Å². The van der Waals surface area contributed by atoms with Crippen LogP contribution in [0.3, 0.4) is 0 Å². The topological polar surface area (TPSA) is 65.5 Å². The molecule has 1 N–H and O–H groups in total. The predicted octanol–water partition coefficient (Wildman–Crippen LogP) is 2.10. The van der Waals surface area contributed by atoms with Crippen molar-refractivity contribution < 1.29 is 14.2 Å². The quantitative estimate of drug-likeness (QED) is 0.661. The highest BCUT2D eigenvalue weighted by Crippen LogP contribution is 2.22. The monoisotopic (exact) mass is 333 g/mol. The third-order valence-corrected chi connectivity index (χ3v) is 2.69. The second kappa shape index (κ2) is 9.94. The minimum atomic E-state index is 0.453. The Morgan fingerprint density at radius 1 is 1.26 bits per heavy atom. The fourth-order valence-electron chi connectivity index (χ4n) is 1.30. The van der Waals surface area contributed by atoms with E-state index in [0.29, 0.717) is 38.3 Å². The van der Waals surface area contributed by atoms with Gasteiger partial charge < -0.3 is 19.5 Å². The van der Waals surface area contributed by atoms with E-state index in [9.17, 15) is 0 Å². The molecule has 1 rings (SSSR count). The second-order valence-electron chi connectivity index (χ2n) is 3.68. The molecule has 0 aliphatic rings. The zero-order chi connectivity index (χ0) is 13.9. The van der Waals surface area contributed by atoms with Gasteiger partial charge in [0.05, 0.1) is 17.3 Å². The summed E-state index contributed by atoms with van der Waals surface area (Å²) in [7, 11) is 1.68. The molecule has 0 fully saturated rings.